The number of benzene rings is 2. The first kappa shape index (κ1) is 14.9. The molecular weight excluding hydrogens is 300 g/mol. The van der Waals surface area contributed by atoms with E-state index < -0.39 is 10.1 Å². The van der Waals surface area contributed by atoms with Gasteiger partial charge in [0.15, 0.2) is 11.5 Å². The normalized spacial score (nSPS) is 13.7. The number of ether oxygens (including phenoxy) is 1. The summed E-state index contributed by atoms with van der Waals surface area (Å²) in [7, 11) is -2.37. The number of hydrogen-bond acceptors (Lipinski definition) is 4. The van der Waals surface area contributed by atoms with Gasteiger partial charge in [-0.2, -0.15) is 8.42 Å². The van der Waals surface area contributed by atoms with Crippen LogP contribution in [-0.2, 0) is 23.0 Å². The topological polar surface area (TPSA) is 52.6 Å². The minimum absolute atomic E-state index is 0.191. The average Bonchev–Trinajstić information content (AvgIpc) is 2.96. The van der Waals surface area contributed by atoms with Gasteiger partial charge in [-0.25, -0.2) is 0 Å². The maximum absolute atomic E-state index is 12.5. The molecule has 0 aliphatic heterocycles. The van der Waals surface area contributed by atoms with Gasteiger partial charge >= 0.3 is 10.1 Å². The van der Waals surface area contributed by atoms with Crippen LogP contribution in [0.2, 0.25) is 0 Å². The van der Waals surface area contributed by atoms with Crippen molar-refractivity contribution < 1.29 is 17.3 Å². The van der Waals surface area contributed by atoms with E-state index in [0.717, 1.165) is 30.4 Å². The molecule has 22 heavy (non-hydrogen) atoms. The molecular formula is C17H18O4S. The maximum atomic E-state index is 12.5. The molecule has 2 aromatic carbocycles. The summed E-state index contributed by atoms with van der Waals surface area (Å²) in [6, 6.07) is 10.4. The zero-order valence-electron chi connectivity index (χ0n) is 12.6. The van der Waals surface area contributed by atoms with Gasteiger partial charge in [0.2, 0.25) is 0 Å². The van der Waals surface area contributed by atoms with E-state index in [0.29, 0.717) is 5.75 Å². The van der Waals surface area contributed by atoms with E-state index in [-0.39, 0.29) is 10.6 Å². The van der Waals surface area contributed by atoms with Crippen LogP contribution >= 0.6 is 0 Å². The van der Waals surface area contributed by atoms with Crippen molar-refractivity contribution in [2.75, 3.05) is 7.11 Å². The van der Waals surface area contributed by atoms with Crippen LogP contribution in [0.5, 0.6) is 11.5 Å². The van der Waals surface area contributed by atoms with Crippen molar-refractivity contribution in [3.8, 4) is 11.5 Å². The smallest absolute Gasteiger partial charge is 0.339 e. The van der Waals surface area contributed by atoms with Gasteiger partial charge in [0.25, 0.3) is 0 Å². The Bertz CT molecular complexity index is 809. The molecule has 4 nitrogen and oxygen atoms in total. The second kappa shape index (κ2) is 5.65. The molecule has 0 atom stereocenters. The Morgan fingerprint density at radius 3 is 2.50 bits per heavy atom. The summed E-state index contributed by atoms with van der Waals surface area (Å²) < 4.78 is 35.4. The van der Waals surface area contributed by atoms with E-state index >= 15 is 0 Å². The number of aryl methyl sites for hydroxylation is 3. The molecule has 0 fully saturated rings. The fraction of sp³-hybridized carbons (Fsp3) is 0.294. The molecule has 1 aliphatic carbocycles. The van der Waals surface area contributed by atoms with Crippen LogP contribution in [0.3, 0.4) is 0 Å². The average molecular weight is 318 g/mol. The Morgan fingerprint density at radius 1 is 0.955 bits per heavy atom. The van der Waals surface area contributed by atoms with Crippen molar-refractivity contribution in [3.63, 3.8) is 0 Å². The number of fused-ring (bicyclic) bond motifs is 1. The van der Waals surface area contributed by atoms with Crippen molar-refractivity contribution in [1.29, 1.82) is 0 Å². The summed E-state index contributed by atoms with van der Waals surface area (Å²) in [5.41, 5.74) is 3.30. The highest BCUT2D eigenvalue weighted by Gasteiger charge is 2.21. The fourth-order valence-electron chi connectivity index (χ4n) is 2.71. The summed E-state index contributed by atoms with van der Waals surface area (Å²) in [6.45, 7) is 1.90. The van der Waals surface area contributed by atoms with Gasteiger partial charge in [-0.1, -0.05) is 12.1 Å². The highest BCUT2D eigenvalue weighted by atomic mass is 32.2. The first-order chi connectivity index (χ1) is 10.5. The lowest BCUT2D eigenvalue weighted by molar-refractivity contribution is 0.390. The first-order valence-corrected chi connectivity index (χ1v) is 8.61. The SMILES string of the molecule is COc1cc(C)ccc1OS(=O)(=O)c1ccc2c(c1)CCC2. The van der Waals surface area contributed by atoms with Gasteiger partial charge in [0, 0.05) is 0 Å². The molecule has 5 heteroatoms. The number of hydrogen-bond donors (Lipinski definition) is 0. The van der Waals surface area contributed by atoms with Gasteiger partial charge in [-0.15, -0.1) is 0 Å². The van der Waals surface area contributed by atoms with Crippen LogP contribution < -0.4 is 8.92 Å². The van der Waals surface area contributed by atoms with Crippen molar-refractivity contribution >= 4 is 10.1 Å². The van der Waals surface area contributed by atoms with Crippen molar-refractivity contribution in [2.24, 2.45) is 0 Å². The Kier molecular flexibility index (Phi) is 3.83. The maximum Gasteiger partial charge on any atom is 0.339 e. The van der Waals surface area contributed by atoms with Crippen LogP contribution in [0.1, 0.15) is 23.1 Å². The molecule has 1 aliphatic rings. The standard InChI is InChI=1S/C17H18O4S/c1-12-6-9-16(17(10-12)20-2)21-22(18,19)15-8-7-13-4-3-5-14(13)11-15/h6-11H,3-5H2,1-2H3. The Labute approximate surface area is 130 Å². The molecule has 0 amide bonds. The zero-order chi connectivity index (χ0) is 15.7. The lowest BCUT2D eigenvalue weighted by Crippen LogP contribution is -2.11. The van der Waals surface area contributed by atoms with Crippen LogP contribution in [0.25, 0.3) is 0 Å². The molecule has 0 aromatic heterocycles. The molecule has 3 rings (SSSR count). The molecule has 0 radical (unpaired) electrons. The zero-order valence-corrected chi connectivity index (χ0v) is 13.4. The van der Waals surface area contributed by atoms with E-state index in [1.165, 1.54) is 12.7 Å². The van der Waals surface area contributed by atoms with E-state index in [1.54, 1.807) is 30.3 Å². The highest BCUT2D eigenvalue weighted by Crippen LogP contribution is 2.31. The third-order valence-electron chi connectivity index (χ3n) is 3.88. The molecule has 0 saturated heterocycles. The van der Waals surface area contributed by atoms with Crippen LogP contribution in [0.15, 0.2) is 41.3 Å². The van der Waals surface area contributed by atoms with E-state index in [1.807, 2.05) is 13.0 Å². The highest BCUT2D eigenvalue weighted by molar-refractivity contribution is 7.87. The summed E-state index contributed by atoms with van der Waals surface area (Å²) >= 11 is 0. The molecule has 0 saturated carbocycles. The number of methoxy groups -OCH3 is 1. The van der Waals surface area contributed by atoms with Crippen molar-refractivity contribution in [1.82, 2.24) is 0 Å². The van der Waals surface area contributed by atoms with Gasteiger partial charge in [0.1, 0.15) is 4.90 Å². The second-order valence-electron chi connectivity index (χ2n) is 5.48. The van der Waals surface area contributed by atoms with Gasteiger partial charge < -0.3 is 8.92 Å². The largest absolute Gasteiger partial charge is 0.493 e. The second-order valence-corrected chi connectivity index (χ2v) is 7.02. The summed E-state index contributed by atoms with van der Waals surface area (Å²) in [5.74, 6) is 0.610. The molecule has 0 unspecified atom stereocenters. The van der Waals surface area contributed by atoms with Crippen LogP contribution in [-0.4, -0.2) is 15.5 Å². The van der Waals surface area contributed by atoms with Gasteiger partial charge in [-0.05, 0) is 67.1 Å². The van der Waals surface area contributed by atoms with Gasteiger partial charge in [-0.3, -0.25) is 0 Å². The summed E-state index contributed by atoms with van der Waals surface area (Å²) in [6.07, 6.45) is 3.01. The van der Waals surface area contributed by atoms with Crippen molar-refractivity contribution in [2.45, 2.75) is 31.1 Å². The molecule has 0 heterocycles. The molecule has 2 aromatic rings. The molecule has 0 N–H and O–H groups in total. The Morgan fingerprint density at radius 2 is 1.73 bits per heavy atom. The lowest BCUT2D eigenvalue weighted by Gasteiger charge is -2.12. The van der Waals surface area contributed by atoms with Crippen LogP contribution in [0.4, 0.5) is 0 Å². The van der Waals surface area contributed by atoms with E-state index in [2.05, 4.69) is 0 Å². The fourth-order valence-corrected chi connectivity index (χ4v) is 3.71. The van der Waals surface area contributed by atoms with Gasteiger partial charge in [0.05, 0.1) is 7.11 Å². The minimum atomic E-state index is -3.86. The molecule has 0 bridgehead atoms. The predicted molar refractivity (Wildman–Crippen MR) is 84.0 cm³/mol. The Balaban J connectivity index is 1.94. The molecule has 116 valence electrons. The first-order valence-electron chi connectivity index (χ1n) is 7.20. The van der Waals surface area contributed by atoms with Crippen molar-refractivity contribution in [3.05, 3.63) is 53.1 Å². The molecule has 0 spiro atoms. The quantitative estimate of drug-likeness (QED) is 0.812. The van der Waals surface area contributed by atoms with Crippen LogP contribution in [0, 0.1) is 6.92 Å². The monoisotopic (exact) mass is 318 g/mol. The third-order valence-corrected chi connectivity index (χ3v) is 5.11. The van der Waals surface area contributed by atoms with E-state index in [9.17, 15) is 8.42 Å². The minimum Gasteiger partial charge on any atom is -0.493 e. The van der Waals surface area contributed by atoms with E-state index in [4.69, 9.17) is 8.92 Å². The predicted octanol–water partition coefficient (Wildman–Crippen LogP) is 3.26. The summed E-state index contributed by atoms with van der Waals surface area (Å²) in [5, 5.41) is 0. The summed E-state index contributed by atoms with van der Waals surface area (Å²) in [4.78, 5) is 0.191. The number of rotatable bonds is 4. The lowest BCUT2D eigenvalue weighted by atomic mass is 10.1. The third kappa shape index (κ3) is 2.81. The Hall–Kier alpha value is -2.01.